The van der Waals surface area contributed by atoms with Gasteiger partial charge in [-0.05, 0) is 30.0 Å². The molecule has 1 aromatic heterocycles. The summed E-state index contributed by atoms with van der Waals surface area (Å²) >= 11 is 4.75. The molecule has 4 N–H and O–H groups in total. The summed E-state index contributed by atoms with van der Waals surface area (Å²) < 4.78 is 6.22. The Kier molecular flexibility index (Phi) is 4.80. The van der Waals surface area contributed by atoms with Gasteiger partial charge in [-0.15, -0.1) is 34.9 Å². The molecule has 0 spiro atoms. The van der Waals surface area contributed by atoms with Gasteiger partial charge in [-0.2, -0.15) is 0 Å². The maximum absolute atomic E-state index is 10.2. The lowest BCUT2D eigenvalue weighted by atomic mass is 9.86. The lowest BCUT2D eigenvalue weighted by molar-refractivity contribution is 0.372. The molecule has 0 saturated carbocycles. The molecule has 126 valence electrons. The predicted octanol–water partition coefficient (Wildman–Crippen LogP) is 3.49. The van der Waals surface area contributed by atoms with Gasteiger partial charge in [0.2, 0.25) is 0 Å². The van der Waals surface area contributed by atoms with Gasteiger partial charge in [-0.3, -0.25) is 10.4 Å². The summed E-state index contributed by atoms with van der Waals surface area (Å²) in [5.74, 6) is 1.32. The molecule has 0 aliphatic carbocycles. The van der Waals surface area contributed by atoms with Crippen LogP contribution in [0.4, 0.5) is 0 Å². The van der Waals surface area contributed by atoms with Crippen LogP contribution >= 0.6 is 34.9 Å². The maximum atomic E-state index is 10.2. The van der Waals surface area contributed by atoms with E-state index in [0.717, 1.165) is 26.0 Å². The Hall–Kier alpha value is -1.64. The number of phenols is 1. The zero-order valence-corrected chi connectivity index (χ0v) is 15.6. The number of hydrogen-bond donors (Lipinski definition) is 3. The number of ether oxygens (including phenoxy) is 1. The van der Waals surface area contributed by atoms with E-state index >= 15 is 0 Å². The molecule has 0 fully saturated rings. The van der Waals surface area contributed by atoms with Crippen molar-refractivity contribution in [2.75, 3.05) is 19.1 Å². The van der Waals surface area contributed by atoms with E-state index in [9.17, 15) is 5.11 Å². The number of nitrogens with one attached hydrogen (secondary N) is 1. The number of hydrogen-bond acceptors (Lipinski definition) is 7. The fraction of sp³-hybridized carbons (Fsp3) is 0.250. The van der Waals surface area contributed by atoms with Crippen LogP contribution in [-0.4, -0.2) is 35.6 Å². The minimum absolute atomic E-state index is 0.0592. The van der Waals surface area contributed by atoms with Gasteiger partial charge in [-0.1, -0.05) is 6.07 Å². The van der Waals surface area contributed by atoms with Crippen LogP contribution in [0.25, 0.3) is 0 Å². The van der Waals surface area contributed by atoms with Crippen molar-refractivity contribution in [1.82, 2.24) is 0 Å². The monoisotopic (exact) mass is 379 g/mol. The number of aliphatic imine (C=N–C) groups is 1. The number of nitrogens with zero attached hydrogens (tertiary/aromatic N) is 1. The molecule has 0 saturated heterocycles. The van der Waals surface area contributed by atoms with Crippen LogP contribution in [0.2, 0.25) is 0 Å². The van der Waals surface area contributed by atoms with E-state index in [1.54, 1.807) is 35.7 Å². The highest BCUT2D eigenvalue weighted by molar-refractivity contribution is 8.12. The Morgan fingerprint density at radius 2 is 2.25 bits per heavy atom. The highest BCUT2D eigenvalue weighted by Crippen LogP contribution is 2.48. The van der Waals surface area contributed by atoms with E-state index in [1.807, 2.05) is 23.9 Å². The number of methoxy groups -OCH3 is 1. The van der Waals surface area contributed by atoms with Crippen LogP contribution in [0.3, 0.4) is 0 Å². The van der Waals surface area contributed by atoms with Crippen molar-refractivity contribution >= 4 is 46.2 Å². The third-order valence-corrected chi connectivity index (χ3v) is 7.03. The Morgan fingerprint density at radius 1 is 1.46 bits per heavy atom. The summed E-state index contributed by atoms with van der Waals surface area (Å²) in [6.07, 6.45) is 2.00. The van der Waals surface area contributed by atoms with Crippen molar-refractivity contribution in [2.45, 2.75) is 9.75 Å². The summed E-state index contributed by atoms with van der Waals surface area (Å²) in [4.78, 5) is 5.49. The van der Waals surface area contributed by atoms with Gasteiger partial charge in [0.15, 0.2) is 11.5 Å². The van der Waals surface area contributed by atoms with Gasteiger partial charge in [0.05, 0.1) is 21.7 Å². The molecule has 1 unspecified atom stereocenters. The minimum atomic E-state index is -0.586. The number of thioether (sulfide) groups is 2. The Bertz CT molecular complexity index is 819. The molecule has 24 heavy (non-hydrogen) atoms. The molecule has 2 heterocycles. The van der Waals surface area contributed by atoms with E-state index in [1.165, 1.54) is 18.4 Å². The predicted molar refractivity (Wildman–Crippen MR) is 104 cm³/mol. The number of nitrogens with two attached hydrogens (primary N) is 1. The number of amidine groups is 1. The quantitative estimate of drug-likeness (QED) is 0.420. The molecule has 1 aliphatic rings. The van der Waals surface area contributed by atoms with Crippen LogP contribution in [0.1, 0.15) is 16.0 Å². The van der Waals surface area contributed by atoms with Crippen molar-refractivity contribution in [3.63, 3.8) is 0 Å². The molecule has 8 heteroatoms. The fourth-order valence-electron chi connectivity index (χ4n) is 2.68. The normalized spacial score (nSPS) is 19.6. The van der Waals surface area contributed by atoms with Crippen LogP contribution in [0.15, 0.2) is 33.5 Å². The summed E-state index contributed by atoms with van der Waals surface area (Å²) in [6, 6.07) is 7.33. The van der Waals surface area contributed by atoms with Crippen molar-refractivity contribution in [2.24, 2.45) is 10.7 Å². The second kappa shape index (κ2) is 6.70. The standard InChI is InChI=1S/C16H17N3O2S3/c1-21-12-4-3-9(5-11(12)20)16(7-23-8-19-16)10-6-13(14(17)18)24-15(10)22-2/h3-6,8,20H,7H2,1-2H3,(H3,17,18). The smallest absolute Gasteiger partial charge is 0.160 e. The third kappa shape index (κ3) is 2.78. The van der Waals surface area contributed by atoms with E-state index in [0.29, 0.717) is 5.75 Å². The second-order valence-corrected chi connectivity index (χ2v) is 8.18. The highest BCUT2D eigenvalue weighted by atomic mass is 32.2. The van der Waals surface area contributed by atoms with Gasteiger partial charge in [0.1, 0.15) is 11.4 Å². The van der Waals surface area contributed by atoms with E-state index in [-0.39, 0.29) is 11.6 Å². The average Bonchev–Trinajstić information content (AvgIpc) is 3.22. The molecule has 0 amide bonds. The number of thiophene rings is 1. The number of rotatable bonds is 5. The third-order valence-electron chi connectivity index (χ3n) is 3.89. The molecule has 1 atom stereocenters. The van der Waals surface area contributed by atoms with Crippen molar-refractivity contribution in [1.29, 1.82) is 5.41 Å². The fourth-order valence-corrected chi connectivity index (χ4v) is 5.52. The zero-order valence-electron chi connectivity index (χ0n) is 13.2. The van der Waals surface area contributed by atoms with Gasteiger partial charge in [0, 0.05) is 11.3 Å². The van der Waals surface area contributed by atoms with Gasteiger partial charge in [-0.25, -0.2) is 0 Å². The summed E-state index contributed by atoms with van der Waals surface area (Å²) in [6.45, 7) is 0. The highest BCUT2D eigenvalue weighted by Gasteiger charge is 2.40. The van der Waals surface area contributed by atoms with Gasteiger partial charge in [0.25, 0.3) is 0 Å². The number of benzene rings is 1. The SMILES string of the molecule is COc1ccc(C2(c3cc(C(=N)N)sc3SC)CSC=N2)cc1O. The number of phenolic OH excluding ortho intramolecular Hbond substituents is 1. The first-order chi connectivity index (χ1) is 11.5. The molecular formula is C16H17N3O2S3. The minimum Gasteiger partial charge on any atom is -0.504 e. The Labute approximate surface area is 152 Å². The summed E-state index contributed by atoms with van der Waals surface area (Å²) in [5.41, 5.74) is 8.85. The second-order valence-electron chi connectivity index (χ2n) is 5.22. The molecule has 0 radical (unpaired) electrons. The van der Waals surface area contributed by atoms with Gasteiger partial charge >= 0.3 is 0 Å². The molecule has 5 nitrogen and oxygen atoms in total. The number of aromatic hydroxyl groups is 1. The first kappa shape index (κ1) is 17.2. The average molecular weight is 380 g/mol. The zero-order chi connectivity index (χ0) is 17.3. The largest absolute Gasteiger partial charge is 0.504 e. The molecule has 1 aromatic carbocycles. The van der Waals surface area contributed by atoms with E-state index < -0.39 is 5.54 Å². The Balaban J connectivity index is 2.18. The summed E-state index contributed by atoms with van der Waals surface area (Å²) in [7, 11) is 1.53. The molecule has 2 aromatic rings. The first-order valence-electron chi connectivity index (χ1n) is 7.07. The number of nitrogen functional groups attached to an aromatic ring is 1. The van der Waals surface area contributed by atoms with Gasteiger partial charge < -0.3 is 15.6 Å². The molecule has 0 bridgehead atoms. The molecule has 3 rings (SSSR count). The van der Waals surface area contributed by atoms with E-state index in [4.69, 9.17) is 20.9 Å². The molecular weight excluding hydrogens is 362 g/mol. The van der Waals surface area contributed by atoms with Crippen LogP contribution in [0.5, 0.6) is 11.5 Å². The lowest BCUT2D eigenvalue weighted by Crippen LogP contribution is -2.26. The van der Waals surface area contributed by atoms with Crippen LogP contribution < -0.4 is 10.5 Å². The van der Waals surface area contributed by atoms with E-state index in [2.05, 4.69) is 0 Å². The molecule has 1 aliphatic heterocycles. The maximum Gasteiger partial charge on any atom is 0.160 e. The topological polar surface area (TPSA) is 91.7 Å². The van der Waals surface area contributed by atoms with Crippen LogP contribution in [-0.2, 0) is 5.54 Å². The lowest BCUT2D eigenvalue weighted by Gasteiger charge is -2.27. The van der Waals surface area contributed by atoms with Crippen molar-refractivity contribution in [3.05, 3.63) is 40.3 Å². The Morgan fingerprint density at radius 3 is 2.79 bits per heavy atom. The first-order valence-corrected chi connectivity index (χ1v) is 10.2. The van der Waals surface area contributed by atoms with Crippen molar-refractivity contribution < 1.29 is 9.84 Å². The van der Waals surface area contributed by atoms with Crippen LogP contribution in [0, 0.1) is 5.41 Å². The summed E-state index contributed by atoms with van der Waals surface area (Å²) in [5, 5.41) is 17.9. The van der Waals surface area contributed by atoms with Crippen molar-refractivity contribution in [3.8, 4) is 11.5 Å².